The molecule has 0 atom stereocenters. The van der Waals surface area contributed by atoms with Crippen LogP contribution in [0.2, 0.25) is 0 Å². The van der Waals surface area contributed by atoms with Crippen LogP contribution in [-0.4, -0.2) is 38.3 Å². The minimum Gasteiger partial charge on any atom is -0.497 e. The summed E-state index contributed by atoms with van der Waals surface area (Å²) < 4.78 is 21.1. The number of nitrogens with zero attached hydrogens (tertiary/aromatic N) is 1. The lowest BCUT2D eigenvalue weighted by Crippen LogP contribution is -2.17. The number of anilines is 1. The standard InChI is InChI=1S/C22H24N2O6/c1-14-16-7-6-15(28-3)13-19(16)30-22(26)17(14)8-9-20(25)24-18-5-4-10-23-21(18)29-12-11-27-2/h4-7,10,13H,8-9,11-12H2,1-3H3,(H,24,25). The van der Waals surface area contributed by atoms with Gasteiger partial charge in [0.05, 0.1) is 13.7 Å². The molecule has 0 bridgehead atoms. The second kappa shape index (κ2) is 9.89. The first-order valence-electron chi connectivity index (χ1n) is 9.50. The monoisotopic (exact) mass is 412 g/mol. The molecule has 3 aromatic rings. The fourth-order valence-corrected chi connectivity index (χ4v) is 3.06. The first-order valence-corrected chi connectivity index (χ1v) is 9.50. The van der Waals surface area contributed by atoms with Gasteiger partial charge in [-0.1, -0.05) is 0 Å². The van der Waals surface area contributed by atoms with E-state index in [2.05, 4.69) is 10.3 Å². The number of carbonyl (C=O) groups is 1. The molecule has 1 amide bonds. The number of ether oxygens (including phenoxy) is 3. The fraction of sp³-hybridized carbons (Fsp3) is 0.318. The average molecular weight is 412 g/mol. The van der Waals surface area contributed by atoms with E-state index >= 15 is 0 Å². The summed E-state index contributed by atoms with van der Waals surface area (Å²) in [5.41, 5.74) is 1.74. The van der Waals surface area contributed by atoms with Crippen LogP contribution in [0.15, 0.2) is 45.7 Å². The number of hydrogen-bond acceptors (Lipinski definition) is 7. The molecular weight excluding hydrogens is 388 g/mol. The zero-order valence-electron chi connectivity index (χ0n) is 17.2. The average Bonchev–Trinajstić information content (AvgIpc) is 2.74. The van der Waals surface area contributed by atoms with E-state index in [1.54, 1.807) is 44.7 Å². The zero-order valence-corrected chi connectivity index (χ0v) is 17.2. The molecule has 2 heterocycles. The molecule has 0 saturated carbocycles. The normalized spacial score (nSPS) is 10.8. The summed E-state index contributed by atoms with van der Waals surface area (Å²) in [4.78, 5) is 29.0. The van der Waals surface area contributed by atoms with Crippen molar-refractivity contribution in [2.75, 3.05) is 32.8 Å². The number of aromatic nitrogens is 1. The van der Waals surface area contributed by atoms with Crippen LogP contribution in [0.5, 0.6) is 11.6 Å². The van der Waals surface area contributed by atoms with Crippen LogP contribution in [-0.2, 0) is 16.0 Å². The molecule has 0 radical (unpaired) electrons. The van der Waals surface area contributed by atoms with Gasteiger partial charge in [0.1, 0.15) is 23.6 Å². The van der Waals surface area contributed by atoms with Gasteiger partial charge in [-0.2, -0.15) is 0 Å². The zero-order chi connectivity index (χ0) is 21.5. The van der Waals surface area contributed by atoms with Gasteiger partial charge < -0.3 is 23.9 Å². The predicted molar refractivity (Wildman–Crippen MR) is 112 cm³/mol. The van der Waals surface area contributed by atoms with Crippen LogP contribution in [0.3, 0.4) is 0 Å². The van der Waals surface area contributed by atoms with Crippen LogP contribution in [0.25, 0.3) is 11.0 Å². The van der Waals surface area contributed by atoms with E-state index < -0.39 is 5.63 Å². The molecule has 0 aliphatic heterocycles. The highest BCUT2D eigenvalue weighted by atomic mass is 16.5. The van der Waals surface area contributed by atoms with E-state index in [0.29, 0.717) is 41.7 Å². The lowest BCUT2D eigenvalue weighted by atomic mass is 10.0. The number of amides is 1. The second-order valence-corrected chi connectivity index (χ2v) is 6.60. The van der Waals surface area contributed by atoms with Crippen molar-refractivity contribution in [2.24, 2.45) is 0 Å². The van der Waals surface area contributed by atoms with E-state index in [-0.39, 0.29) is 18.7 Å². The molecular formula is C22H24N2O6. The Kier molecular flexibility index (Phi) is 7.03. The number of nitrogens with one attached hydrogen (secondary N) is 1. The number of benzene rings is 1. The van der Waals surface area contributed by atoms with Crippen molar-refractivity contribution >= 4 is 22.6 Å². The maximum Gasteiger partial charge on any atom is 0.339 e. The molecule has 0 aliphatic carbocycles. The molecule has 0 saturated heterocycles. The van der Waals surface area contributed by atoms with Crippen LogP contribution >= 0.6 is 0 Å². The van der Waals surface area contributed by atoms with E-state index in [4.69, 9.17) is 18.6 Å². The van der Waals surface area contributed by atoms with Crippen molar-refractivity contribution < 1.29 is 23.4 Å². The first-order chi connectivity index (χ1) is 14.5. The molecule has 8 heteroatoms. The molecule has 8 nitrogen and oxygen atoms in total. The summed E-state index contributed by atoms with van der Waals surface area (Å²) in [6.07, 6.45) is 1.94. The third-order valence-electron chi connectivity index (χ3n) is 4.67. The highest BCUT2D eigenvalue weighted by Gasteiger charge is 2.15. The summed E-state index contributed by atoms with van der Waals surface area (Å²) >= 11 is 0. The first kappa shape index (κ1) is 21.3. The van der Waals surface area contributed by atoms with E-state index in [1.807, 2.05) is 13.0 Å². The molecule has 0 unspecified atom stereocenters. The number of methoxy groups -OCH3 is 2. The van der Waals surface area contributed by atoms with Gasteiger partial charge in [0.25, 0.3) is 0 Å². The van der Waals surface area contributed by atoms with E-state index in [9.17, 15) is 9.59 Å². The van der Waals surface area contributed by atoms with E-state index in [0.717, 1.165) is 10.9 Å². The Balaban J connectivity index is 1.71. The van der Waals surface area contributed by atoms with Gasteiger partial charge in [-0.05, 0) is 43.2 Å². The molecule has 158 valence electrons. The quantitative estimate of drug-likeness (QED) is 0.426. The van der Waals surface area contributed by atoms with Gasteiger partial charge in [0.15, 0.2) is 0 Å². The Morgan fingerprint density at radius 1 is 1.20 bits per heavy atom. The topological polar surface area (TPSA) is 99.9 Å². The maximum atomic E-state index is 12.5. The lowest BCUT2D eigenvalue weighted by molar-refractivity contribution is -0.116. The molecule has 3 rings (SSSR count). The Hall–Kier alpha value is -3.39. The summed E-state index contributed by atoms with van der Waals surface area (Å²) in [6.45, 7) is 2.58. The van der Waals surface area contributed by atoms with Crippen molar-refractivity contribution in [3.05, 3.63) is 58.1 Å². The van der Waals surface area contributed by atoms with Gasteiger partial charge in [-0.3, -0.25) is 4.79 Å². The lowest BCUT2D eigenvalue weighted by Gasteiger charge is -2.11. The van der Waals surface area contributed by atoms with Crippen molar-refractivity contribution in [3.8, 4) is 11.6 Å². The van der Waals surface area contributed by atoms with Crippen molar-refractivity contribution in [1.29, 1.82) is 0 Å². The van der Waals surface area contributed by atoms with Crippen molar-refractivity contribution in [1.82, 2.24) is 4.98 Å². The third kappa shape index (κ3) is 4.96. The molecule has 1 N–H and O–H groups in total. The number of hydrogen-bond donors (Lipinski definition) is 1. The number of aryl methyl sites for hydroxylation is 1. The number of carbonyl (C=O) groups excluding carboxylic acids is 1. The van der Waals surface area contributed by atoms with Crippen LogP contribution in [0.1, 0.15) is 17.5 Å². The minimum absolute atomic E-state index is 0.111. The molecule has 0 spiro atoms. The van der Waals surface area contributed by atoms with Crippen LogP contribution in [0.4, 0.5) is 5.69 Å². The molecule has 0 aliphatic rings. The largest absolute Gasteiger partial charge is 0.497 e. The smallest absolute Gasteiger partial charge is 0.339 e. The predicted octanol–water partition coefficient (Wildman–Crippen LogP) is 3.10. The molecule has 2 aromatic heterocycles. The summed E-state index contributed by atoms with van der Waals surface area (Å²) in [5, 5.41) is 3.59. The fourth-order valence-electron chi connectivity index (χ4n) is 3.06. The Labute approximate surface area is 173 Å². The molecule has 30 heavy (non-hydrogen) atoms. The second-order valence-electron chi connectivity index (χ2n) is 6.60. The summed E-state index contributed by atoms with van der Waals surface area (Å²) in [6, 6.07) is 8.73. The van der Waals surface area contributed by atoms with Gasteiger partial charge >= 0.3 is 5.63 Å². The Bertz CT molecular complexity index is 1090. The maximum absolute atomic E-state index is 12.5. The van der Waals surface area contributed by atoms with E-state index in [1.165, 1.54) is 0 Å². The summed E-state index contributed by atoms with van der Waals surface area (Å²) in [5.74, 6) is 0.670. The third-order valence-corrected chi connectivity index (χ3v) is 4.67. The number of fused-ring (bicyclic) bond motifs is 1. The highest BCUT2D eigenvalue weighted by molar-refractivity contribution is 5.92. The molecule has 1 aromatic carbocycles. The van der Waals surface area contributed by atoms with Gasteiger partial charge in [-0.15, -0.1) is 0 Å². The Morgan fingerprint density at radius 3 is 2.80 bits per heavy atom. The SMILES string of the molecule is COCCOc1ncccc1NC(=O)CCc1c(C)c2ccc(OC)cc2oc1=O. The number of rotatable bonds is 9. The minimum atomic E-state index is -0.453. The van der Waals surface area contributed by atoms with Gasteiger partial charge in [0, 0.05) is 36.7 Å². The van der Waals surface area contributed by atoms with Crippen molar-refractivity contribution in [3.63, 3.8) is 0 Å². The highest BCUT2D eigenvalue weighted by Crippen LogP contribution is 2.25. The number of pyridine rings is 1. The summed E-state index contributed by atoms with van der Waals surface area (Å²) in [7, 11) is 3.13. The van der Waals surface area contributed by atoms with Crippen molar-refractivity contribution in [2.45, 2.75) is 19.8 Å². The van der Waals surface area contributed by atoms with Gasteiger partial charge in [0.2, 0.25) is 11.8 Å². The van der Waals surface area contributed by atoms with Crippen LogP contribution < -0.4 is 20.4 Å². The molecule has 0 fully saturated rings. The van der Waals surface area contributed by atoms with Crippen LogP contribution in [0, 0.1) is 6.92 Å². The van der Waals surface area contributed by atoms with Gasteiger partial charge in [-0.25, -0.2) is 9.78 Å². The Morgan fingerprint density at radius 2 is 2.03 bits per heavy atom.